The summed E-state index contributed by atoms with van der Waals surface area (Å²) in [6.45, 7) is 3.30. The molecule has 1 unspecified atom stereocenters. The van der Waals surface area contributed by atoms with Gasteiger partial charge >= 0.3 is 6.01 Å². The van der Waals surface area contributed by atoms with E-state index < -0.39 is 17.7 Å². The van der Waals surface area contributed by atoms with E-state index in [4.69, 9.17) is 9.25 Å². The molecule has 27 heavy (non-hydrogen) atoms. The predicted octanol–water partition coefficient (Wildman–Crippen LogP) is 2.78. The minimum absolute atomic E-state index is 0.150. The van der Waals surface area contributed by atoms with Crippen molar-refractivity contribution < 1.29 is 22.8 Å². The molecular weight excluding hydrogens is 358 g/mol. The normalized spacial score (nSPS) is 21.1. The number of carbonyl (C=O) groups is 1. The lowest BCUT2D eigenvalue weighted by molar-refractivity contribution is -0.182. The molecule has 2 fully saturated rings. The number of aryl methyl sites for hydroxylation is 1. The lowest BCUT2D eigenvalue weighted by Crippen LogP contribution is -2.42. The molecule has 4 rings (SSSR count). The first kappa shape index (κ1) is 17.8. The standard InChI is InChI=1S/C18H20F2N4O3/c1-11-21-22-18(27-11)23-5-2-12(3-6-23)17(25)24-16(4-7-26-24)13-8-14(19)10-15(20)9-13/h8-10,12,16H,2-7H2,1H3. The summed E-state index contributed by atoms with van der Waals surface area (Å²) in [7, 11) is 0. The molecule has 1 aromatic heterocycles. The molecule has 7 nitrogen and oxygen atoms in total. The molecule has 0 radical (unpaired) electrons. The molecule has 2 aromatic rings. The second-order valence-corrected chi connectivity index (χ2v) is 6.87. The molecule has 3 heterocycles. The maximum Gasteiger partial charge on any atom is 0.318 e. The van der Waals surface area contributed by atoms with Gasteiger partial charge in [-0.15, -0.1) is 5.10 Å². The molecule has 0 aliphatic carbocycles. The highest BCUT2D eigenvalue weighted by Gasteiger charge is 2.37. The SMILES string of the molecule is Cc1nnc(N2CCC(C(=O)N3OCCC3c3cc(F)cc(F)c3)CC2)o1. The van der Waals surface area contributed by atoms with Crippen molar-refractivity contribution in [1.82, 2.24) is 15.3 Å². The van der Waals surface area contributed by atoms with Crippen molar-refractivity contribution in [3.05, 3.63) is 41.3 Å². The van der Waals surface area contributed by atoms with Gasteiger partial charge in [0.1, 0.15) is 11.6 Å². The van der Waals surface area contributed by atoms with E-state index in [0.717, 1.165) is 6.07 Å². The molecule has 2 aliphatic heterocycles. The summed E-state index contributed by atoms with van der Waals surface area (Å²) < 4.78 is 32.5. The third-order valence-electron chi connectivity index (χ3n) is 5.02. The fourth-order valence-corrected chi connectivity index (χ4v) is 3.67. The molecule has 1 aromatic carbocycles. The first-order chi connectivity index (χ1) is 13.0. The van der Waals surface area contributed by atoms with Crippen molar-refractivity contribution in [3.63, 3.8) is 0 Å². The first-order valence-electron chi connectivity index (χ1n) is 8.98. The molecule has 144 valence electrons. The molecule has 2 saturated heterocycles. The summed E-state index contributed by atoms with van der Waals surface area (Å²) in [5, 5.41) is 9.12. The summed E-state index contributed by atoms with van der Waals surface area (Å²) in [6.07, 6.45) is 1.74. The smallest absolute Gasteiger partial charge is 0.318 e. The molecule has 1 atom stereocenters. The van der Waals surface area contributed by atoms with Gasteiger partial charge in [0.15, 0.2) is 0 Å². The summed E-state index contributed by atoms with van der Waals surface area (Å²) in [4.78, 5) is 20.4. The summed E-state index contributed by atoms with van der Waals surface area (Å²) >= 11 is 0. The Hall–Kier alpha value is -2.55. The number of benzene rings is 1. The molecule has 2 aliphatic rings. The van der Waals surface area contributed by atoms with Gasteiger partial charge < -0.3 is 9.32 Å². The number of rotatable bonds is 3. The highest BCUT2D eigenvalue weighted by Crippen LogP contribution is 2.34. The number of piperidine rings is 1. The van der Waals surface area contributed by atoms with E-state index in [1.165, 1.54) is 17.2 Å². The maximum atomic E-state index is 13.6. The summed E-state index contributed by atoms with van der Waals surface area (Å²) in [5.74, 6) is -1.19. The number of hydroxylamine groups is 2. The van der Waals surface area contributed by atoms with Crippen molar-refractivity contribution in [2.75, 3.05) is 24.6 Å². The first-order valence-corrected chi connectivity index (χ1v) is 8.98. The van der Waals surface area contributed by atoms with Gasteiger partial charge in [-0.05, 0) is 30.5 Å². The second kappa shape index (κ2) is 7.22. The average Bonchev–Trinajstić information content (AvgIpc) is 3.29. The van der Waals surface area contributed by atoms with Crippen LogP contribution in [0.4, 0.5) is 14.8 Å². The Labute approximate surface area is 154 Å². The Bertz CT molecular complexity index is 816. The van der Waals surface area contributed by atoms with Crippen molar-refractivity contribution in [2.45, 2.75) is 32.2 Å². The summed E-state index contributed by atoms with van der Waals surface area (Å²) in [5.41, 5.74) is 0.414. The average molecular weight is 378 g/mol. The molecule has 9 heteroatoms. The van der Waals surface area contributed by atoms with Crippen LogP contribution in [0, 0.1) is 24.5 Å². The monoisotopic (exact) mass is 378 g/mol. The third-order valence-corrected chi connectivity index (χ3v) is 5.02. The number of anilines is 1. The lowest BCUT2D eigenvalue weighted by Gasteiger charge is -2.33. The summed E-state index contributed by atoms with van der Waals surface area (Å²) in [6, 6.07) is 3.32. The van der Waals surface area contributed by atoms with Gasteiger partial charge in [0, 0.05) is 38.4 Å². The van der Waals surface area contributed by atoms with E-state index >= 15 is 0 Å². The number of halogens is 2. The molecule has 1 amide bonds. The Morgan fingerprint density at radius 3 is 2.44 bits per heavy atom. The molecule has 0 N–H and O–H groups in total. The van der Waals surface area contributed by atoms with Crippen LogP contribution in [0.15, 0.2) is 22.6 Å². The van der Waals surface area contributed by atoms with E-state index in [1.807, 2.05) is 4.90 Å². The van der Waals surface area contributed by atoms with E-state index in [9.17, 15) is 13.6 Å². The number of hydrogen-bond donors (Lipinski definition) is 0. The van der Waals surface area contributed by atoms with Gasteiger partial charge in [-0.1, -0.05) is 5.10 Å². The molecule has 0 bridgehead atoms. The number of amides is 1. The van der Waals surface area contributed by atoms with Crippen LogP contribution in [0.1, 0.15) is 36.8 Å². The van der Waals surface area contributed by atoms with Gasteiger partial charge in [-0.3, -0.25) is 9.63 Å². The topological polar surface area (TPSA) is 71.7 Å². The van der Waals surface area contributed by atoms with Crippen LogP contribution in [0.2, 0.25) is 0 Å². The Morgan fingerprint density at radius 1 is 1.11 bits per heavy atom. The van der Waals surface area contributed by atoms with E-state index in [1.54, 1.807) is 6.92 Å². The lowest BCUT2D eigenvalue weighted by atomic mass is 9.94. The second-order valence-electron chi connectivity index (χ2n) is 6.87. The van der Waals surface area contributed by atoms with Gasteiger partial charge in [0.25, 0.3) is 0 Å². The van der Waals surface area contributed by atoms with Gasteiger partial charge in [0.2, 0.25) is 11.8 Å². The van der Waals surface area contributed by atoms with Crippen LogP contribution in [-0.4, -0.2) is 40.9 Å². The number of hydrogen-bond acceptors (Lipinski definition) is 6. The highest BCUT2D eigenvalue weighted by atomic mass is 19.1. The van der Waals surface area contributed by atoms with Gasteiger partial charge in [0.05, 0.1) is 12.6 Å². The predicted molar refractivity (Wildman–Crippen MR) is 90.5 cm³/mol. The van der Waals surface area contributed by atoms with Crippen LogP contribution in [0.3, 0.4) is 0 Å². The molecule has 0 saturated carbocycles. The Balaban J connectivity index is 1.43. The van der Waals surface area contributed by atoms with E-state index in [2.05, 4.69) is 10.2 Å². The van der Waals surface area contributed by atoms with E-state index in [0.29, 0.717) is 56.4 Å². The zero-order valence-electron chi connectivity index (χ0n) is 14.9. The largest absolute Gasteiger partial charge is 0.408 e. The minimum Gasteiger partial charge on any atom is -0.408 e. The fourth-order valence-electron chi connectivity index (χ4n) is 3.67. The van der Waals surface area contributed by atoms with Gasteiger partial charge in [-0.25, -0.2) is 13.8 Å². The Kier molecular flexibility index (Phi) is 4.77. The maximum absolute atomic E-state index is 13.6. The van der Waals surface area contributed by atoms with Crippen LogP contribution < -0.4 is 4.90 Å². The van der Waals surface area contributed by atoms with Crippen molar-refractivity contribution in [1.29, 1.82) is 0 Å². The van der Waals surface area contributed by atoms with Crippen LogP contribution in [-0.2, 0) is 9.63 Å². The van der Waals surface area contributed by atoms with E-state index in [-0.39, 0.29) is 11.8 Å². The fraction of sp³-hybridized carbons (Fsp3) is 0.500. The van der Waals surface area contributed by atoms with Crippen molar-refractivity contribution in [2.24, 2.45) is 5.92 Å². The number of nitrogens with zero attached hydrogens (tertiary/aromatic N) is 4. The number of aromatic nitrogens is 2. The van der Waals surface area contributed by atoms with Crippen LogP contribution >= 0.6 is 0 Å². The Morgan fingerprint density at radius 2 is 1.81 bits per heavy atom. The van der Waals surface area contributed by atoms with Crippen molar-refractivity contribution >= 4 is 11.9 Å². The number of carbonyl (C=O) groups excluding carboxylic acids is 1. The molecular formula is C18H20F2N4O3. The molecule has 0 spiro atoms. The minimum atomic E-state index is -0.660. The quantitative estimate of drug-likeness (QED) is 0.818. The van der Waals surface area contributed by atoms with Crippen LogP contribution in [0.25, 0.3) is 0 Å². The van der Waals surface area contributed by atoms with Crippen molar-refractivity contribution in [3.8, 4) is 0 Å². The van der Waals surface area contributed by atoms with Crippen LogP contribution in [0.5, 0.6) is 0 Å². The third kappa shape index (κ3) is 3.64. The highest BCUT2D eigenvalue weighted by molar-refractivity contribution is 5.78. The zero-order chi connectivity index (χ0) is 19.0. The van der Waals surface area contributed by atoms with Gasteiger partial charge in [-0.2, -0.15) is 0 Å². The zero-order valence-corrected chi connectivity index (χ0v) is 14.9.